The lowest BCUT2D eigenvalue weighted by Gasteiger charge is -2.22. The molecule has 0 spiro atoms. The van der Waals surface area contributed by atoms with Gasteiger partial charge in [0.2, 0.25) is 0 Å². The van der Waals surface area contributed by atoms with Crippen LogP contribution in [0.15, 0.2) is 24.3 Å². The van der Waals surface area contributed by atoms with Gasteiger partial charge in [0.1, 0.15) is 0 Å². The van der Waals surface area contributed by atoms with E-state index in [1.807, 2.05) is 18.2 Å². The summed E-state index contributed by atoms with van der Waals surface area (Å²) in [5.41, 5.74) is 2.05. The van der Waals surface area contributed by atoms with E-state index in [1.165, 1.54) is 12.0 Å². The number of carbonyl (C=O) groups excluding carboxylic acids is 1. The molecule has 1 aliphatic rings. The van der Waals surface area contributed by atoms with Crippen molar-refractivity contribution in [1.29, 1.82) is 0 Å². The molecule has 1 heterocycles. The molecule has 1 aromatic carbocycles. The van der Waals surface area contributed by atoms with Crippen molar-refractivity contribution >= 4 is 11.7 Å². The molecule has 23 heavy (non-hydrogen) atoms. The monoisotopic (exact) mass is 319 g/mol. The van der Waals surface area contributed by atoms with Gasteiger partial charge in [0.25, 0.3) is 0 Å². The van der Waals surface area contributed by atoms with Gasteiger partial charge in [-0.1, -0.05) is 19.1 Å². The number of hydrogen-bond acceptors (Lipinski definition) is 3. The molecule has 1 atom stereocenters. The van der Waals surface area contributed by atoms with Crippen molar-refractivity contribution in [3.63, 3.8) is 0 Å². The smallest absolute Gasteiger partial charge is 0.319 e. The van der Waals surface area contributed by atoms with Crippen LogP contribution in [0.3, 0.4) is 0 Å². The van der Waals surface area contributed by atoms with Crippen LogP contribution in [0.1, 0.15) is 38.2 Å². The molecule has 0 aromatic heterocycles. The van der Waals surface area contributed by atoms with Gasteiger partial charge in [-0.15, -0.1) is 0 Å². The molecular weight excluding hydrogens is 290 g/mol. The second-order valence-corrected chi connectivity index (χ2v) is 6.16. The van der Waals surface area contributed by atoms with Crippen LogP contribution in [0.4, 0.5) is 10.5 Å². The van der Waals surface area contributed by atoms with E-state index in [1.54, 1.807) is 0 Å². The Balaban J connectivity index is 1.59. The number of aliphatic hydroxyl groups is 1. The van der Waals surface area contributed by atoms with Crippen LogP contribution in [0.5, 0.6) is 0 Å². The normalized spacial score (nSPS) is 18.1. The molecule has 5 heteroatoms. The van der Waals surface area contributed by atoms with Gasteiger partial charge in [-0.3, -0.25) is 4.90 Å². The lowest BCUT2D eigenvalue weighted by Crippen LogP contribution is -2.34. The fourth-order valence-electron chi connectivity index (χ4n) is 3.08. The first-order chi connectivity index (χ1) is 11.2. The average molecular weight is 319 g/mol. The summed E-state index contributed by atoms with van der Waals surface area (Å²) in [6, 6.07) is 8.12. The molecule has 0 bridgehead atoms. The predicted molar refractivity (Wildman–Crippen MR) is 93.8 cm³/mol. The lowest BCUT2D eigenvalue weighted by molar-refractivity contribution is 0.157. The number of anilines is 1. The van der Waals surface area contributed by atoms with E-state index in [0.717, 1.165) is 44.5 Å². The molecule has 2 rings (SSSR count). The molecule has 0 radical (unpaired) electrons. The number of hydrogen-bond donors (Lipinski definition) is 3. The number of aliphatic hydroxyl groups excluding tert-OH is 1. The molecule has 0 aliphatic carbocycles. The van der Waals surface area contributed by atoms with Gasteiger partial charge >= 0.3 is 6.03 Å². The number of unbranched alkanes of at least 4 members (excludes halogenated alkanes) is 1. The quantitative estimate of drug-likeness (QED) is 0.645. The molecule has 2 amide bonds. The highest BCUT2D eigenvalue weighted by Crippen LogP contribution is 2.16. The van der Waals surface area contributed by atoms with E-state index in [0.29, 0.717) is 12.6 Å². The van der Waals surface area contributed by atoms with E-state index in [9.17, 15) is 9.90 Å². The van der Waals surface area contributed by atoms with Crippen LogP contribution in [0, 0.1) is 0 Å². The van der Waals surface area contributed by atoms with E-state index >= 15 is 0 Å². The zero-order chi connectivity index (χ0) is 16.5. The maximum absolute atomic E-state index is 11.9. The van der Waals surface area contributed by atoms with Crippen LogP contribution in [0.2, 0.25) is 0 Å². The molecule has 1 aromatic rings. The zero-order valence-electron chi connectivity index (χ0n) is 14.1. The summed E-state index contributed by atoms with van der Waals surface area (Å²) in [4.78, 5) is 14.2. The Morgan fingerprint density at radius 1 is 1.39 bits per heavy atom. The van der Waals surface area contributed by atoms with Crippen molar-refractivity contribution in [2.75, 3.05) is 31.6 Å². The van der Waals surface area contributed by atoms with E-state index < -0.39 is 0 Å². The largest absolute Gasteiger partial charge is 0.395 e. The van der Waals surface area contributed by atoms with Crippen molar-refractivity contribution in [3.8, 4) is 0 Å². The molecule has 5 nitrogen and oxygen atoms in total. The predicted octanol–water partition coefficient (Wildman–Crippen LogP) is 2.61. The first kappa shape index (κ1) is 17.8. The highest BCUT2D eigenvalue weighted by atomic mass is 16.3. The van der Waals surface area contributed by atoms with Crippen LogP contribution >= 0.6 is 0 Å². The Labute approximate surface area is 139 Å². The Kier molecular flexibility index (Phi) is 7.36. The topological polar surface area (TPSA) is 64.6 Å². The standard InChI is InChI=1S/C18H29N3O2/c1-2-15-7-5-8-16(13-15)20-18(23)19-10-3-4-11-21-12-6-9-17(21)14-22/h5,7-8,13,17,22H,2-4,6,9-12,14H2,1H3,(H2,19,20,23). The molecule has 1 aliphatic heterocycles. The Morgan fingerprint density at radius 3 is 3.04 bits per heavy atom. The molecule has 1 unspecified atom stereocenters. The maximum Gasteiger partial charge on any atom is 0.319 e. The first-order valence-corrected chi connectivity index (χ1v) is 8.71. The minimum atomic E-state index is -0.146. The van der Waals surface area contributed by atoms with Gasteiger partial charge < -0.3 is 15.7 Å². The average Bonchev–Trinajstić information content (AvgIpc) is 3.02. The molecule has 128 valence electrons. The molecule has 3 N–H and O–H groups in total. The SMILES string of the molecule is CCc1cccc(NC(=O)NCCCCN2CCCC2CO)c1. The Bertz CT molecular complexity index is 493. The fraction of sp³-hybridized carbons (Fsp3) is 0.611. The van der Waals surface area contributed by atoms with Crippen molar-refractivity contribution in [2.24, 2.45) is 0 Å². The number of likely N-dealkylation sites (tertiary alicyclic amines) is 1. The van der Waals surface area contributed by atoms with Crippen LogP contribution in [0.25, 0.3) is 0 Å². The van der Waals surface area contributed by atoms with Gasteiger partial charge in [0.15, 0.2) is 0 Å². The van der Waals surface area contributed by atoms with Crippen molar-refractivity contribution in [2.45, 2.75) is 45.1 Å². The number of nitrogens with one attached hydrogen (secondary N) is 2. The number of benzene rings is 1. The third-order valence-corrected chi connectivity index (χ3v) is 4.46. The third kappa shape index (κ3) is 5.84. The third-order valence-electron chi connectivity index (χ3n) is 4.46. The number of rotatable bonds is 8. The summed E-state index contributed by atoms with van der Waals surface area (Å²) >= 11 is 0. The highest BCUT2D eigenvalue weighted by molar-refractivity contribution is 5.89. The van der Waals surface area contributed by atoms with Crippen molar-refractivity contribution < 1.29 is 9.90 Å². The van der Waals surface area contributed by atoms with Gasteiger partial charge in [0, 0.05) is 18.3 Å². The Hall–Kier alpha value is -1.59. The van der Waals surface area contributed by atoms with Gasteiger partial charge in [-0.05, 0) is 62.9 Å². The summed E-state index contributed by atoms with van der Waals surface area (Å²) < 4.78 is 0. The van der Waals surface area contributed by atoms with Crippen molar-refractivity contribution in [1.82, 2.24) is 10.2 Å². The minimum absolute atomic E-state index is 0.146. The van der Waals surface area contributed by atoms with E-state index in [2.05, 4.69) is 28.5 Å². The number of carbonyl (C=O) groups is 1. The summed E-state index contributed by atoms with van der Waals surface area (Å²) in [7, 11) is 0. The van der Waals surface area contributed by atoms with E-state index in [-0.39, 0.29) is 12.6 Å². The summed E-state index contributed by atoms with van der Waals surface area (Å²) in [5, 5.41) is 15.1. The van der Waals surface area contributed by atoms with E-state index in [4.69, 9.17) is 0 Å². The van der Waals surface area contributed by atoms with Gasteiger partial charge in [-0.2, -0.15) is 0 Å². The van der Waals surface area contributed by atoms with Gasteiger partial charge in [-0.25, -0.2) is 4.79 Å². The molecular formula is C18H29N3O2. The van der Waals surface area contributed by atoms with Crippen LogP contribution < -0.4 is 10.6 Å². The zero-order valence-corrected chi connectivity index (χ0v) is 14.1. The summed E-state index contributed by atoms with van der Waals surface area (Å²) in [5.74, 6) is 0. The first-order valence-electron chi connectivity index (χ1n) is 8.71. The maximum atomic E-state index is 11.9. The Morgan fingerprint density at radius 2 is 2.26 bits per heavy atom. The number of amides is 2. The number of aryl methyl sites for hydroxylation is 1. The van der Waals surface area contributed by atoms with Crippen LogP contribution in [-0.2, 0) is 6.42 Å². The van der Waals surface area contributed by atoms with Gasteiger partial charge in [0.05, 0.1) is 6.61 Å². The second kappa shape index (κ2) is 9.53. The molecule has 1 fully saturated rings. The second-order valence-electron chi connectivity index (χ2n) is 6.16. The van der Waals surface area contributed by atoms with Crippen LogP contribution in [-0.4, -0.2) is 48.3 Å². The fourth-order valence-corrected chi connectivity index (χ4v) is 3.08. The highest BCUT2D eigenvalue weighted by Gasteiger charge is 2.22. The number of urea groups is 1. The minimum Gasteiger partial charge on any atom is -0.395 e. The molecule has 1 saturated heterocycles. The molecule has 0 saturated carbocycles. The summed E-state index contributed by atoms with van der Waals surface area (Å²) in [6.45, 7) is 5.13. The number of nitrogens with zero attached hydrogens (tertiary/aromatic N) is 1. The summed E-state index contributed by atoms with van der Waals surface area (Å²) in [6.07, 6.45) is 5.25. The lowest BCUT2D eigenvalue weighted by atomic mass is 10.1. The van der Waals surface area contributed by atoms with Crippen molar-refractivity contribution in [3.05, 3.63) is 29.8 Å².